The molecule has 4 amide bonds. The first kappa shape index (κ1) is 50.1. The van der Waals surface area contributed by atoms with Crippen molar-refractivity contribution in [2.75, 3.05) is 0 Å². The van der Waals surface area contributed by atoms with Crippen molar-refractivity contribution in [1.29, 1.82) is 0 Å². The molecule has 0 atom stereocenters. The zero-order valence-electron chi connectivity index (χ0n) is 23.7. The number of nitrogens with zero attached hydrogens (tertiary/aromatic N) is 10. The largest absolute Gasteiger partial charge is 2.00 e. The number of amides is 4. The van der Waals surface area contributed by atoms with Crippen molar-refractivity contribution in [3.05, 3.63) is 128 Å². The van der Waals surface area contributed by atoms with Gasteiger partial charge in [-0.25, -0.2) is 19.9 Å². The van der Waals surface area contributed by atoms with Crippen molar-refractivity contribution >= 4 is 23.6 Å². The summed E-state index contributed by atoms with van der Waals surface area (Å²) >= 11 is 0. The summed E-state index contributed by atoms with van der Waals surface area (Å²) in [6.07, 6.45) is 16.9. The topological polar surface area (TPSA) is 474 Å². The maximum Gasteiger partial charge on any atom is 2.00 e. The van der Waals surface area contributed by atoms with E-state index in [0.29, 0.717) is 0 Å². The molecule has 0 radical (unpaired) electrons. The van der Waals surface area contributed by atoms with E-state index in [1.54, 1.807) is 0 Å². The van der Waals surface area contributed by atoms with Crippen LogP contribution in [-0.2, 0) is 38.3 Å². The van der Waals surface area contributed by atoms with Gasteiger partial charge in [-0.05, 0) is 0 Å². The zero-order valence-corrected chi connectivity index (χ0v) is 27.7. The molecule has 0 aliphatic carbocycles. The number of primary amides is 4. The van der Waals surface area contributed by atoms with Gasteiger partial charge in [-0.2, -0.15) is 0 Å². The molecule has 0 fully saturated rings. The average molecular weight is 767 g/mol. The second kappa shape index (κ2) is 30.9. The Balaban J connectivity index is -0.000000152. The van der Waals surface area contributed by atoms with Crippen molar-refractivity contribution in [3.63, 3.8) is 0 Å². The van der Waals surface area contributed by atoms with Crippen LogP contribution >= 0.6 is 0 Å². The standard InChI is InChI=1S/4C5H5N3O.Cd.2NO3.2H2O/c4*6-5(9)4-3-7-1-2-8-4;;2*2-1(3)4;;/h4*1-3H,(H2,6,9);;;;2*1H2/q;;;;+2;2*-1;;/p+2. The molecule has 0 aliphatic heterocycles. The fourth-order valence-electron chi connectivity index (χ4n) is 1.71. The predicted molar refractivity (Wildman–Crippen MR) is 153 cm³/mol. The molecule has 27 heteroatoms. The first-order valence-electron chi connectivity index (χ1n) is 10.5. The van der Waals surface area contributed by atoms with Crippen molar-refractivity contribution in [3.8, 4) is 0 Å². The smallest absolute Gasteiger partial charge is 0.457 e. The van der Waals surface area contributed by atoms with Gasteiger partial charge in [0.25, 0.3) is 23.6 Å². The summed E-state index contributed by atoms with van der Waals surface area (Å²) in [5.41, 5.74) is 20.3. The van der Waals surface area contributed by atoms with Gasteiger partial charge in [0.2, 0.25) is 0 Å². The Morgan fingerprint density at radius 3 is 0.660 bits per heavy atom. The SMILES string of the molecule is NC(=O)c1cnccn1.NC(=O)c1cnccn1.NC(=O)c1cnccn1.NC(=O)c1cnccn1.O=[N+]([O-])[O-].O=[N+]([O-])[O-].[Cd+2].[OH3+].[OH3+]. The Hall–Kier alpha value is -6.56. The van der Waals surface area contributed by atoms with Crippen molar-refractivity contribution < 1.29 is 67.6 Å². The molecule has 14 N–H and O–H groups in total. The van der Waals surface area contributed by atoms with Gasteiger partial charge in [0.05, 0.1) is 35.0 Å². The van der Waals surface area contributed by atoms with E-state index in [1.165, 1.54) is 74.4 Å². The van der Waals surface area contributed by atoms with Crippen molar-refractivity contribution in [1.82, 2.24) is 39.9 Å². The molecule has 0 saturated carbocycles. The van der Waals surface area contributed by atoms with Crippen LogP contribution in [0.15, 0.2) is 74.4 Å². The fourth-order valence-corrected chi connectivity index (χ4v) is 1.71. The summed E-state index contributed by atoms with van der Waals surface area (Å²) < 4.78 is 0. The van der Waals surface area contributed by atoms with Gasteiger partial charge < -0.3 is 64.5 Å². The van der Waals surface area contributed by atoms with Gasteiger partial charge in [-0.1, -0.05) is 0 Å². The van der Waals surface area contributed by atoms with Crippen molar-refractivity contribution in [2.24, 2.45) is 22.9 Å². The van der Waals surface area contributed by atoms with Gasteiger partial charge in [0.15, 0.2) is 0 Å². The summed E-state index contributed by atoms with van der Waals surface area (Å²) in [7, 11) is 0. The van der Waals surface area contributed by atoms with E-state index in [1.807, 2.05) is 0 Å². The van der Waals surface area contributed by atoms with Crippen LogP contribution in [0.3, 0.4) is 0 Å². The number of rotatable bonds is 4. The van der Waals surface area contributed by atoms with Crippen LogP contribution in [0.4, 0.5) is 0 Å². The van der Waals surface area contributed by atoms with Crippen LogP contribution in [0, 0.1) is 30.6 Å². The minimum absolute atomic E-state index is 0. The van der Waals surface area contributed by atoms with Gasteiger partial charge in [-0.15, -0.1) is 0 Å². The quantitative estimate of drug-likeness (QED) is 0.0665. The van der Waals surface area contributed by atoms with Gasteiger partial charge in [-0.3, -0.25) is 39.1 Å². The molecule has 0 aliphatic rings. The third-order valence-electron chi connectivity index (χ3n) is 3.26. The van der Waals surface area contributed by atoms with Crippen molar-refractivity contribution in [2.45, 2.75) is 0 Å². The Labute approximate surface area is 281 Å². The first-order chi connectivity index (χ1) is 20.7. The molecule has 4 heterocycles. The predicted octanol–water partition coefficient (Wildman–Crippen LogP) is -4.02. The maximum absolute atomic E-state index is 10.3. The van der Waals surface area contributed by atoms with Gasteiger partial charge >= 0.3 is 27.3 Å². The molecule has 4 aromatic rings. The molecular formula is C20H26CdN14O12+2. The summed E-state index contributed by atoms with van der Waals surface area (Å²) in [4.78, 5) is 86.9. The summed E-state index contributed by atoms with van der Waals surface area (Å²) in [6, 6.07) is 0. The van der Waals surface area contributed by atoms with E-state index in [4.69, 9.17) is 53.6 Å². The molecule has 0 spiro atoms. The average Bonchev–Trinajstić information content (AvgIpc) is 2.99. The number of nitrogens with two attached hydrogens (primary N) is 4. The van der Waals surface area contributed by atoms with E-state index >= 15 is 0 Å². The van der Waals surface area contributed by atoms with E-state index in [9.17, 15) is 19.2 Å². The van der Waals surface area contributed by atoms with Crippen LogP contribution in [0.2, 0.25) is 0 Å². The monoisotopic (exact) mass is 768 g/mol. The molecule has 47 heavy (non-hydrogen) atoms. The molecule has 0 aromatic carbocycles. The zero-order chi connectivity index (χ0) is 33.9. The second-order valence-corrected chi connectivity index (χ2v) is 6.27. The van der Waals surface area contributed by atoms with Gasteiger partial charge in [0.1, 0.15) is 22.8 Å². The number of hydrogen-bond acceptors (Lipinski definition) is 18. The van der Waals surface area contributed by atoms with Crippen LogP contribution in [0.25, 0.3) is 0 Å². The molecule has 4 aromatic heterocycles. The normalized spacial score (nSPS) is 7.83. The van der Waals surface area contributed by atoms with E-state index < -0.39 is 33.8 Å². The molecular weight excluding hydrogens is 741 g/mol. The van der Waals surface area contributed by atoms with E-state index in [-0.39, 0.29) is 61.0 Å². The molecule has 4 rings (SSSR count). The number of carbonyl (C=O) groups is 4. The minimum atomic E-state index is -1.75. The summed E-state index contributed by atoms with van der Waals surface area (Å²) in [5.74, 6) is -2.21. The minimum Gasteiger partial charge on any atom is -0.457 e. The summed E-state index contributed by atoms with van der Waals surface area (Å²) in [5, 5.41) is 29.5. The third kappa shape index (κ3) is 32.2. The maximum atomic E-state index is 10.3. The Kier molecular flexibility index (Phi) is 32.9. The van der Waals surface area contributed by atoms with Crippen LogP contribution in [0.1, 0.15) is 42.0 Å². The summed E-state index contributed by atoms with van der Waals surface area (Å²) in [6.45, 7) is 0. The van der Waals surface area contributed by atoms with Crippen LogP contribution < -0.4 is 22.9 Å². The first-order valence-corrected chi connectivity index (χ1v) is 10.5. The van der Waals surface area contributed by atoms with E-state index in [0.717, 1.165) is 0 Å². The number of hydrogen-bond donors (Lipinski definition) is 4. The Morgan fingerprint density at radius 2 is 0.596 bits per heavy atom. The van der Waals surface area contributed by atoms with E-state index in [2.05, 4.69) is 39.9 Å². The second-order valence-electron chi connectivity index (χ2n) is 6.27. The molecule has 0 saturated heterocycles. The fraction of sp³-hybridized carbons (Fsp3) is 0. The Bertz CT molecular complexity index is 1230. The molecule has 0 unspecified atom stereocenters. The number of carbonyl (C=O) groups excluding carboxylic acids is 4. The van der Waals surface area contributed by atoms with Crippen LogP contribution in [0.5, 0.6) is 0 Å². The molecule has 26 nitrogen and oxygen atoms in total. The Morgan fingerprint density at radius 1 is 0.447 bits per heavy atom. The third-order valence-corrected chi connectivity index (χ3v) is 3.26. The van der Waals surface area contributed by atoms with Crippen LogP contribution in [-0.4, -0.2) is 73.7 Å². The molecule has 248 valence electrons. The number of aromatic nitrogens is 8. The molecule has 0 bridgehead atoms. The van der Waals surface area contributed by atoms with Gasteiger partial charge in [0, 0.05) is 49.6 Å².